The first-order valence-electron chi connectivity index (χ1n) is 6.02. The van der Waals surface area contributed by atoms with Crippen LogP contribution in [0.15, 0.2) is 60.7 Å². The van der Waals surface area contributed by atoms with Gasteiger partial charge in [0.05, 0.1) is 0 Å². The number of Topliss-reactive ketones (excluding diaryl/α,β-unsaturated/α-hetero) is 1. The lowest BCUT2D eigenvalue weighted by molar-refractivity contribution is -0.0793. The van der Waals surface area contributed by atoms with E-state index in [9.17, 15) is 18.0 Å². The molecular weight excluding hydrogens is 301 g/mol. The number of hydrogen-bond donors (Lipinski definition) is 0. The van der Waals surface area contributed by atoms with Gasteiger partial charge in [-0.05, 0) is 17.7 Å². The van der Waals surface area contributed by atoms with Crippen LogP contribution >= 0.6 is 11.6 Å². The van der Waals surface area contributed by atoms with Crippen molar-refractivity contribution in [2.45, 2.75) is 6.18 Å². The van der Waals surface area contributed by atoms with E-state index in [0.29, 0.717) is 5.02 Å². The van der Waals surface area contributed by atoms with Crippen LogP contribution in [0, 0.1) is 0 Å². The van der Waals surface area contributed by atoms with Crippen LogP contribution in [0.2, 0.25) is 5.02 Å². The van der Waals surface area contributed by atoms with Gasteiger partial charge >= 0.3 is 6.18 Å². The van der Waals surface area contributed by atoms with E-state index in [1.165, 1.54) is 36.4 Å². The zero-order valence-corrected chi connectivity index (χ0v) is 11.4. The van der Waals surface area contributed by atoms with Gasteiger partial charge in [-0.2, -0.15) is 13.2 Å². The first-order valence-corrected chi connectivity index (χ1v) is 6.40. The largest absolute Gasteiger partial charge is 0.410 e. The average Bonchev–Trinajstić information content (AvgIpc) is 2.45. The lowest BCUT2D eigenvalue weighted by atomic mass is 9.96. The van der Waals surface area contributed by atoms with E-state index in [1.54, 1.807) is 18.2 Å². The lowest BCUT2D eigenvalue weighted by Gasteiger charge is -2.09. The molecule has 21 heavy (non-hydrogen) atoms. The molecule has 0 aliphatic carbocycles. The van der Waals surface area contributed by atoms with Crippen LogP contribution in [-0.4, -0.2) is 12.0 Å². The highest BCUT2D eigenvalue weighted by Gasteiger charge is 2.28. The van der Waals surface area contributed by atoms with Gasteiger partial charge in [0.2, 0.25) is 0 Å². The van der Waals surface area contributed by atoms with Crippen molar-refractivity contribution in [3.8, 4) is 0 Å². The second kappa shape index (κ2) is 6.14. The summed E-state index contributed by atoms with van der Waals surface area (Å²) in [5, 5.41) is 0.386. The molecule has 0 spiro atoms. The van der Waals surface area contributed by atoms with Gasteiger partial charge in [0.1, 0.15) is 0 Å². The van der Waals surface area contributed by atoms with Gasteiger partial charge in [0.25, 0.3) is 0 Å². The normalized spacial score (nSPS) is 12.3. The molecule has 0 bridgehead atoms. The van der Waals surface area contributed by atoms with Crippen molar-refractivity contribution >= 4 is 23.0 Å². The Labute approximate surface area is 124 Å². The summed E-state index contributed by atoms with van der Waals surface area (Å²) < 4.78 is 38.1. The summed E-state index contributed by atoms with van der Waals surface area (Å²) in [6.07, 6.45) is -4.56. The van der Waals surface area contributed by atoms with E-state index in [2.05, 4.69) is 0 Å². The van der Waals surface area contributed by atoms with E-state index in [1.807, 2.05) is 0 Å². The average molecular weight is 311 g/mol. The maximum atomic E-state index is 12.7. The molecule has 2 aromatic rings. The van der Waals surface area contributed by atoms with E-state index >= 15 is 0 Å². The third kappa shape index (κ3) is 4.20. The van der Waals surface area contributed by atoms with Crippen molar-refractivity contribution in [3.05, 3.63) is 76.8 Å². The van der Waals surface area contributed by atoms with E-state index < -0.39 is 17.5 Å². The van der Waals surface area contributed by atoms with Gasteiger partial charge in [0.15, 0.2) is 5.78 Å². The Bertz CT molecular complexity index is 658. The minimum absolute atomic E-state index is 0.0194. The van der Waals surface area contributed by atoms with Crippen LogP contribution in [-0.2, 0) is 0 Å². The summed E-state index contributed by atoms with van der Waals surface area (Å²) in [7, 11) is 0. The Morgan fingerprint density at radius 2 is 1.48 bits per heavy atom. The number of hydrogen-bond acceptors (Lipinski definition) is 1. The predicted octanol–water partition coefficient (Wildman–Crippen LogP) is 5.17. The number of alkyl halides is 3. The molecule has 0 aliphatic heterocycles. The number of carbonyl (C=O) groups is 1. The van der Waals surface area contributed by atoms with Crippen molar-refractivity contribution in [3.63, 3.8) is 0 Å². The highest BCUT2D eigenvalue weighted by molar-refractivity contribution is 6.31. The third-order valence-corrected chi connectivity index (χ3v) is 3.00. The second-order valence-electron chi connectivity index (χ2n) is 4.30. The summed E-state index contributed by atoms with van der Waals surface area (Å²) >= 11 is 5.72. The Hall–Kier alpha value is -2.07. The minimum Gasteiger partial charge on any atom is -0.289 e. The molecule has 1 nitrogen and oxygen atoms in total. The van der Waals surface area contributed by atoms with Gasteiger partial charge in [0, 0.05) is 22.2 Å². The monoisotopic (exact) mass is 310 g/mol. The molecule has 0 amide bonds. The smallest absolute Gasteiger partial charge is 0.289 e. The number of rotatable bonds is 3. The number of halogens is 4. The highest BCUT2D eigenvalue weighted by Crippen LogP contribution is 2.27. The maximum absolute atomic E-state index is 12.7. The van der Waals surface area contributed by atoms with E-state index in [-0.39, 0.29) is 17.2 Å². The number of allylic oxidation sites excluding steroid dienone is 2. The topological polar surface area (TPSA) is 17.1 Å². The molecule has 0 aliphatic rings. The van der Waals surface area contributed by atoms with Crippen molar-refractivity contribution < 1.29 is 18.0 Å². The molecule has 0 fully saturated rings. The molecule has 0 heterocycles. The van der Waals surface area contributed by atoms with Crippen LogP contribution in [0.4, 0.5) is 13.2 Å². The molecular formula is C16H10ClF3O. The van der Waals surface area contributed by atoms with Gasteiger partial charge in [-0.25, -0.2) is 0 Å². The van der Waals surface area contributed by atoms with Crippen LogP contribution in [0.1, 0.15) is 15.9 Å². The quantitative estimate of drug-likeness (QED) is 0.564. The molecule has 2 aromatic carbocycles. The van der Waals surface area contributed by atoms with Gasteiger partial charge in [-0.3, -0.25) is 4.79 Å². The summed E-state index contributed by atoms with van der Waals surface area (Å²) in [4.78, 5) is 12.3. The zero-order chi connectivity index (χ0) is 15.5. The van der Waals surface area contributed by atoms with Crippen LogP contribution < -0.4 is 0 Å². The predicted molar refractivity (Wildman–Crippen MR) is 76.3 cm³/mol. The van der Waals surface area contributed by atoms with Gasteiger partial charge in [-0.15, -0.1) is 0 Å². The van der Waals surface area contributed by atoms with Crippen molar-refractivity contribution in [1.29, 1.82) is 0 Å². The minimum atomic E-state index is -4.58. The molecule has 0 aromatic heterocycles. The highest BCUT2D eigenvalue weighted by atomic mass is 35.5. The lowest BCUT2D eigenvalue weighted by Crippen LogP contribution is -2.09. The summed E-state index contributed by atoms with van der Waals surface area (Å²) in [6, 6.07) is 13.5. The molecule has 0 saturated heterocycles. The standard InChI is InChI=1S/C16H10ClF3O/c17-13-8-6-11(7-9-13)14(10-16(18,19)20)15(21)12-4-2-1-3-5-12/h1-10H/b14-10+. The van der Waals surface area contributed by atoms with E-state index in [4.69, 9.17) is 11.6 Å². The Morgan fingerprint density at radius 3 is 2.00 bits per heavy atom. The van der Waals surface area contributed by atoms with Crippen molar-refractivity contribution in [2.24, 2.45) is 0 Å². The zero-order valence-electron chi connectivity index (χ0n) is 10.7. The van der Waals surface area contributed by atoms with Crippen molar-refractivity contribution in [2.75, 3.05) is 0 Å². The maximum Gasteiger partial charge on any atom is 0.410 e. The molecule has 0 N–H and O–H groups in total. The third-order valence-electron chi connectivity index (χ3n) is 2.74. The fourth-order valence-corrected chi connectivity index (χ4v) is 1.94. The Balaban J connectivity index is 2.50. The SMILES string of the molecule is O=C(/C(=C/C(F)(F)F)c1ccc(Cl)cc1)c1ccccc1. The summed E-state index contributed by atoms with van der Waals surface area (Å²) in [5.74, 6) is -0.685. The fraction of sp³-hybridized carbons (Fsp3) is 0.0625. The fourth-order valence-electron chi connectivity index (χ4n) is 1.82. The van der Waals surface area contributed by atoms with Crippen molar-refractivity contribution in [1.82, 2.24) is 0 Å². The van der Waals surface area contributed by atoms with Crippen LogP contribution in [0.25, 0.3) is 5.57 Å². The van der Waals surface area contributed by atoms with Crippen LogP contribution in [0.5, 0.6) is 0 Å². The molecule has 0 unspecified atom stereocenters. The second-order valence-corrected chi connectivity index (χ2v) is 4.74. The number of benzene rings is 2. The molecule has 5 heteroatoms. The van der Waals surface area contributed by atoms with Gasteiger partial charge in [-0.1, -0.05) is 54.1 Å². The molecule has 2 rings (SSSR count). The Kier molecular flexibility index (Phi) is 4.48. The Morgan fingerprint density at radius 1 is 0.905 bits per heavy atom. The molecule has 0 saturated carbocycles. The van der Waals surface area contributed by atoms with Gasteiger partial charge < -0.3 is 0 Å². The molecule has 0 radical (unpaired) electrons. The van der Waals surface area contributed by atoms with E-state index in [0.717, 1.165) is 0 Å². The molecule has 0 atom stereocenters. The number of carbonyl (C=O) groups excluding carboxylic acids is 1. The summed E-state index contributed by atoms with van der Waals surface area (Å²) in [5.41, 5.74) is -0.0427. The first-order chi connectivity index (χ1) is 9.87. The van der Waals surface area contributed by atoms with Crippen LogP contribution in [0.3, 0.4) is 0 Å². The number of ketones is 1. The summed E-state index contributed by atoms with van der Waals surface area (Å²) in [6.45, 7) is 0. The molecule has 108 valence electrons. The first kappa shape index (κ1) is 15.3.